The molecule has 0 saturated heterocycles. The molecular formula is C22H24N2O4. The number of fused-ring (bicyclic) bond motifs is 1. The van der Waals surface area contributed by atoms with Crippen LogP contribution in [0.15, 0.2) is 53.3 Å². The summed E-state index contributed by atoms with van der Waals surface area (Å²) in [5.41, 5.74) is 1.47. The summed E-state index contributed by atoms with van der Waals surface area (Å²) in [6.07, 6.45) is 0. The van der Waals surface area contributed by atoms with E-state index in [1.165, 1.54) is 7.11 Å². The van der Waals surface area contributed by atoms with Gasteiger partial charge >= 0.3 is 0 Å². The summed E-state index contributed by atoms with van der Waals surface area (Å²) in [5, 5.41) is 0.879. The first-order chi connectivity index (χ1) is 13.4. The zero-order valence-electron chi connectivity index (χ0n) is 16.5. The highest BCUT2D eigenvalue weighted by atomic mass is 16.5. The maximum Gasteiger partial charge on any atom is 0.258 e. The van der Waals surface area contributed by atoms with Crippen LogP contribution in [0.1, 0.15) is 29.8 Å². The third kappa shape index (κ3) is 3.86. The highest BCUT2D eigenvalue weighted by Gasteiger charge is 2.23. The Labute approximate surface area is 163 Å². The molecule has 1 amide bonds. The van der Waals surface area contributed by atoms with Crippen molar-refractivity contribution < 1.29 is 14.3 Å². The Bertz CT molecular complexity index is 1060. The van der Waals surface area contributed by atoms with Crippen molar-refractivity contribution in [2.24, 2.45) is 0 Å². The van der Waals surface area contributed by atoms with E-state index in [0.29, 0.717) is 28.1 Å². The monoisotopic (exact) mass is 380 g/mol. The van der Waals surface area contributed by atoms with Crippen molar-refractivity contribution in [3.8, 4) is 11.5 Å². The van der Waals surface area contributed by atoms with E-state index in [4.69, 9.17) is 9.47 Å². The molecule has 0 aliphatic heterocycles. The van der Waals surface area contributed by atoms with Gasteiger partial charge in [0, 0.05) is 17.7 Å². The first-order valence-corrected chi connectivity index (χ1v) is 9.08. The van der Waals surface area contributed by atoms with Crippen LogP contribution < -0.4 is 15.0 Å². The number of methoxy groups -OCH3 is 2. The molecule has 146 valence electrons. The molecule has 0 aliphatic carbocycles. The van der Waals surface area contributed by atoms with Crippen LogP contribution in [0, 0.1) is 0 Å². The lowest BCUT2D eigenvalue weighted by Crippen LogP contribution is -2.38. The molecule has 28 heavy (non-hydrogen) atoms. The topological polar surface area (TPSA) is 71.6 Å². The zero-order chi connectivity index (χ0) is 20.3. The minimum atomic E-state index is -0.223. The number of amides is 1. The van der Waals surface area contributed by atoms with Crippen molar-refractivity contribution in [3.63, 3.8) is 0 Å². The normalized spacial score (nSPS) is 10.9. The van der Waals surface area contributed by atoms with E-state index in [0.717, 1.165) is 5.39 Å². The number of pyridine rings is 1. The van der Waals surface area contributed by atoms with E-state index in [2.05, 4.69) is 4.98 Å². The molecule has 0 saturated carbocycles. The number of hydrogen-bond donors (Lipinski definition) is 1. The average molecular weight is 380 g/mol. The van der Waals surface area contributed by atoms with E-state index in [9.17, 15) is 9.59 Å². The van der Waals surface area contributed by atoms with Crippen molar-refractivity contribution in [2.75, 3.05) is 14.2 Å². The fourth-order valence-electron chi connectivity index (χ4n) is 3.12. The fourth-order valence-corrected chi connectivity index (χ4v) is 3.12. The lowest BCUT2D eigenvalue weighted by atomic mass is 10.1. The van der Waals surface area contributed by atoms with Gasteiger partial charge in [0.25, 0.3) is 11.5 Å². The maximum atomic E-state index is 13.1. The number of H-pyrrole nitrogens is 1. The zero-order valence-corrected chi connectivity index (χ0v) is 16.5. The van der Waals surface area contributed by atoms with Crippen molar-refractivity contribution in [1.29, 1.82) is 0 Å². The van der Waals surface area contributed by atoms with E-state index in [-0.39, 0.29) is 24.1 Å². The lowest BCUT2D eigenvalue weighted by molar-refractivity contribution is 0.0686. The van der Waals surface area contributed by atoms with Crippen molar-refractivity contribution in [2.45, 2.75) is 26.4 Å². The molecule has 0 radical (unpaired) electrons. The van der Waals surface area contributed by atoms with Crippen LogP contribution >= 0.6 is 0 Å². The van der Waals surface area contributed by atoms with Gasteiger partial charge in [-0.2, -0.15) is 0 Å². The van der Waals surface area contributed by atoms with Gasteiger partial charge in [-0.1, -0.05) is 12.1 Å². The number of carbonyl (C=O) groups excluding carboxylic acids is 1. The minimum absolute atomic E-state index is 0.0941. The molecule has 2 aromatic carbocycles. The second-order valence-electron chi connectivity index (χ2n) is 6.80. The molecule has 6 heteroatoms. The summed E-state index contributed by atoms with van der Waals surface area (Å²) in [6.45, 7) is 4.05. The number of nitrogens with one attached hydrogen (secondary N) is 1. The third-order valence-corrected chi connectivity index (χ3v) is 4.69. The molecule has 1 aromatic heterocycles. The van der Waals surface area contributed by atoms with Gasteiger partial charge in [0.05, 0.1) is 31.8 Å². The molecular weight excluding hydrogens is 356 g/mol. The summed E-state index contributed by atoms with van der Waals surface area (Å²) in [5.74, 6) is 1.01. The predicted octanol–water partition coefficient (Wildman–Crippen LogP) is 3.60. The Morgan fingerprint density at radius 1 is 1.07 bits per heavy atom. The van der Waals surface area contributed by atoms with Crippen LogP contribution in [0.3, 0.4) is 0 Å². The SMILES string of the molecule is COc1ccc2cc(CN(C(=O)c3ccccc3OC)C(C)C)c(=O)[nH]c2c1. The van der Waals surface area contributed by atoms with Crippen molar-refractivity contribution in [3.05, 3.63) is 70.0 Å². The van der Waals surface area contributed by atoms with E-state index in [1.54, 1.807) is 36.3 Å². The smallest absolute Gasteiger partial charge is 0.258 e. The van der Waals surface area contributed by atoms with E-state index in [1.807, 2.05) is 38.1 Å². The van der Waals surface area contributed by atoms with Gasteiger partial charge in [-0.05, 0) is 49.6 Å². The van der Waals surface area contributed by atoms with Crippen LogP contribution in [0.5, 0.6) is 11.5 Å². The Kier molecular flexibility index (Phi) is 5.68. The molecule has 0 bridgehead atoms. The second-order valence-corrected chi connectivity index (χ2v) is 6.80. The standard InChI is InChI=1S/C22H24N2O4/c1-14(2)24(22(26)18-7-5-6-8-20(18)28-4)13-16-11-15-9-10-17(27-3)12-19(15)23-21(16)25/h5-12,14H,13H2,1-4H3,(H,23,25). The van der Waals surface area contributed by atoms with Crippen molar-refractivity contribution in [1.82, 2.24) is 9.88 Å². The Hall–Kier alpha value is -3.28. The molecule has 3 rings (SSSR count). The van der Waals surface area contributed by atoms with Gasteiger partial charge in [0.1, 0.15) is 11.5 Å². The maximum absolute atomic E-state index is 13.1. The number of para-hydroxylation sites is 1. The van der Waals surface area contributed by atoms with Crippen LogP contribution in [-0.2, 0) is 6.54 Å². The predicted molar refractivity (Wildman–Crippen MR) is 109 cm³/mol. The first kappa shape index (κ1) is 19.5. The van der Waals surface area contributed by atoms with Gasteiger partial charge in [-0.15, -0.1) is 0 Å². The Morgan fingerprint density at radius 3 is 2.50 bits per heavy atom. The Balaban J connectivity index is 1.97. The van der Waals surface area contributed by atoms with Crippen LogP contribution in [0.25, 0.3) is 10.9 Å². The molecule has 0 spiro atoms. The Morgan fingerprint density at radius 2 is 1.82 bits per heavy atom. The van der Waals surface area contributed by atoms with Crippen LogP contribution in [0.2, 0.25) is 0 Å². The summed E-state index contributed by atoms with van der Waals surface area (Å²) in [4.78, 5) is 30.3. The number of carbonyl (C=O) groups is 1. The van der Waals surface area contributed by atoms with Gasteiger partial charge in [0.15, 0.2) is 0 Å². The molecule has 1 heterocycles. The van der Waals surface area contributed by atoms with Crippen molar-refractivity contribution >= 4 is 16.8 Å². The molecule has 0 aliphatic rings. The number of nitrogens with zero attached hydrogens (tertiary/aromatic N) is 1. The van der Waals surface area contributed by atoms with Gasteiger partial charge in [-0.25, -0.2) is 0 Å². The molecule has 3 aromatic rings. The van der Waals surface area contributed by atoms with Gasteiger partial charge < -0.3 is 19.4 Å². The minimum Gasteiger partial charge on any atom is -0.497 e. The molecule has 0 unspecified atom stereocenters. The summed E-state index contributed by atoms with van der Waals surface area (Å²) < 4.78 is 10.5. The number of aromatic nitrogens is 1. The van der Waals surface area contributed by atoms with Gasteiger partial charge in [0.2, 0.25) is 0 Å². The first-order valence-electron chi connectivity index (χ1n) is 9.08. The lowest BCUT2D eigenvalue weighted by Gasteiger charge is -2.27. The highest BCUT2D eigenvalue weighted by Crippen LogP contribution is 2.23. The summed E-state index contributed by atoms with van der Waals surface area (Å²) in [6, 6.07) is 14.3. The quantitative estimate of drug-likeness (QED) is 0.709. The summed E-state index contributed by atoms with van der Waals surface area (Å²) >= 11 is 0. The molecule has 0 atom stereocenters. The number of aromatic amines is 1. The number of hydrogen-bond acceptors (Lipinski definition) is 4. The second kappa shape index (κ2) is 8.17. The summed E-state index contributed by atoms with van der Waals surface area (Å²) in [7, 11) is 3.12. The number of rotatable bonds is 6. The molecule has 1 N–H and O–H groups in total. The third-order valence-electron chi connectivity index (χ3n) is 4.69. The van der Waals surface area contributed by atoms with Crippen LogP contribution in [0.4, 0.5) is 0 Å². The molecule has 0 fully saturated rings. The fraction of sp³-hybridized carbons (Fsp3) is 0.273. The highest BCUT2D eigenvalue weighted by molar-refractivity contribution is 5.97. The number of ether oxygens (including phenoxy) is 2. The van der Waals surface area contributed by atoms with E-state index < -0.39 is 0 Å². The van der Waals surface area contributed by atoms with E-state index >= 15 is 0 Å². The largest absolute Gasteiger partial charge is 0.497 e. The molecule has 6 nitrogen and oxygen atoms in total. The average Bonchev–Trinajstić information content (AvgIpc) is 2.70. The van der Waals surface area contributed by atoms with Crippen LogP contribution in [-0.4, -0.2) is 36.1 Å². The number of benzene rings is 2. The van der Waals surface area contributed by atoms with Gasteiger partial charge in [-0.3, -0.25) is 9.59 Å².